The first kappa shape index (κ1) is 20.7. The minimum absolute atomic E-state index is 0.126. The number of nitrogens with zero attached hydrogens (tertiary/aromatic N) is 3. The van der Waals surface area contributed by atoms with E-state index in [-0.39, 0.29) is 17.1 Å². The van der Waals surface area contributed by atoms with E-state index in [1.54, 1.807) is 30.3 Å². The normalized spacial score (nSPS) is 15.3. The van der Waals surface area contributed by atoms with Gasteiger partial charge < -0.3 is 4.74 Å². The number of non-ortho nitro benzene ring substituents is 1. The number of hydrogen-bond donors (Lipinski definition) is 0. The summed E-state index contributed by atoms with van der Waals surface area (Å²) >= 11 is 3.17. The molecule has 0 aliphatic carbocycles. The van der Waals surface area contributed by atoms with Crippen LogP contribution in [0.3, 0.4) is 0 Å². The van der Waals surface area contributed by atoms with Crippen LogP contribution in [0.2, 0.25) is 0 Å². The first-order chi connectivity index (χ1) is 13.4. The molecular formula is C18H20BrN3O5S. The molecule has 3 rings (SSSR count). The van der Waals surface area contributed by atoms with Gasteiger partial charge in [0, 0.05) is 42.8 Å². The van der Waals surface area contributed by atoms with Crippen LogP contribution in [-0.4, -0.2) is 57.6 Å². The van der Waals surface area contributed by atoms with E-state index < -0.39 is 14.9 Å². The Balaban J connectivity index is 1.95. The van der Waals surface area contributed by atoms with Crippen molar-refractivity contribution < 1.29 is 18.1 Å². The zero-order valence-electron chi connectivity index (χ0n) is 15.0. The minimum Gasteiger partial charge on any atom is -0.379 e. The first-order valence-corrected chi connectivity index (χ1v) is 10.9. The Kier molecular flexibility index (Phi) is 6.65. The molecule has 0 spiro atoms. The summed E-state index contributed by atoms with van der Waals surface area (Å²) in [6, 6.07) is 12.5. The zero-order valence-corrected chi connectivity index (χ0v) is 17.4. The molecule has 0 radical (unpaired) electrons. The van der Waals surface area contributed by atoms with E-state index in [1.165, 1.54) is 16.4 Å². The summed E-state index contributed by atoms with van der Waals surface area (Å²) < 4.78 is 33.7. The van der Waals surface area contributed by atoms with Gasteiger partial charge in [0.2, 0.25) is 0 Å². The number of rotatable bonds is 7. The number of nitro groups is 1. The molecule has 1 saturated heterocycles. The summed E-state index contributed by atoms with van der Waals surface area (Å²) in [6.45, 7) is 3.49. The Morgan fingerprint density at radius 3 is 2.46 bits per heavy atom. The number of benzene rings is 2. The molecule has 0 bridgehead atoms. The van der Waals surface area contributed by atoms with Crippen molar-refractivity contribution in [3.05, 3.63) is 63.1 Å². The number of hydrogen-bond acceptors (Lipinski definition) is 6. The van der Waals surface area contributed by atoms with Gasteiger partial charge in [-0.05, 0) is 18.2 Å². The number of anilines is 1. The first-order valence-electron chi connectivity index (χ1n) is 8.71. The molecule has 1 aliphatic heterocycles. The van der Waals surface area contributed by atoms with Gasteiger partial charge in [-0.3, -0.25) is 19.3 Å². The fourth-order valence-electron chi connectivity index (χ4n) is 2.97. The minimum atomic E-state index is -3.99. The van der Waals surface area contributed by atoms with Crippen LogP contribution in [0.1, 0.15) is 0 Å². The second-order valence-corrected chi connectivity index (χ2v) is 9.05. The van der Waals surface area contributed by atoms with E-state index in [4.69, 9.17) is 4.74 Å². The highest BCUT2D eigenvalue weighted by molar-refractivity contribution is 9.10. The Hall–Kier alpha value is -2.01. The summed E-state index contributed by atoms with van der Waals surface area (Å²) in [4.78, 5) is 12.6. The van der Waals surface area contributed by atoms with Crippen molar-refractivity contribution in [1.82, 2.24) is 4.90 Å². The summed E-state index contributed by atoms with van der Waals surface area (Å²) in [5, 5.41) is 11.2. The molecule has 150 valence electrons. The summed E-state index contributed by atoms with van der Waals surface area (Å²) in [7, 11) is -3.99. The van der Waals surface area contributed by atoms with Gasteiger partial charge >= 0.3 is 0 Å². The van der Waals surface area contributed by atoms with Gasteiger partial charge in [-0.2, -0.15) is 0 Å². The fraction of sp³-hybridized carbons (Fsp3) is 0.333. The molecule has 28 heavy (non-hydrogen) atoms. The van der Waals surface area contributed by atoms with Crippen molar-refractivity contribution in [2.45, 2.75) is 4.90 Å². The molecule has 1 aliphatic rings. The van der Waals surface area contributed by atoms with Crippen molar-refractivity contribution in [3.63, 3.8) is 0 Å². The maximum absolute atomic E-state index is 13.4. The average Bonchev–Trinajstić information content (AvgIpc) is 2.69. The van der Waals surface area contributed by atoms with Crippen LogP contribution >= 0.6 is 15.9 Å². The van der Waals surface area contributed by atoms with Crippen LogP contribution in [-0.2, 0) is 14.8 Å². The number of morpholine rings is 1. The van der Waals surface area contributed by atoms with E-state index in [0.717, 1.165) is 19.2 Å². The summed E-state index contributed by atoms with van der Waals surface area (Å²) in [5.74, 6) is 0. The number of halogens is 1. The second kappa shape index (κ2) is 8.99. The molecule has 0 amide bonds. The summed E-state index contributed by atoms with van der Waals surface area (Å²) in [5.41, 5.74) is 0.229. The molecule has 0 aromatic heterocycles. The van der Waals surface area contributed by atoms with Crippen LogP contribution in [0.15, 0.2) is 57.9 Å². The monoisotopic (exact) mass is 469 g/mol. The third kappa shape index (κ3) is 4.88. The Morgan fingerprint density at radius 1 is 1.14 bits per heavy atom. The van der Waals surface area contributed by atoms with E-state index in [9.17, 15) is 18.5 Å². The van der Waals surface area contributed by atoms with Gasteiger partial charge in [-0.15, -0.1) is 0 Å². The number of nitro benzene ring substituents is 1. The maximum Gasteiger partial charge on any atom is 0.271 e. The van der Waals surface area contributed by atoms with Gasteiger partial charge in [0.05, 0.1) is 28.7 Å². The molecule has 10 heteroatoms. The molecule has 2 aromatic rings. The topological polar surface area (TPSA) is 93.0 Å². The molecule has 1 fully saturated rings. The maximum atomic E-state index is 13.4. The van der Waals surface area contributed by atoms with Crippen LogP contribution in [0.4, 0.5) is 11.4 Å². The summed E-state index contributed by atoms with van der Waals surface area (Å²) in [6.07, 6.45) is 0. The van der Waals surface area contributed by atoms with E-state index in [1.807, 2.05) is 0 Å². The Morgan fingerprint density at radius 2 is 1.82 bits per heavy atom. The van der Waals surface area contributed by atoms with Crippen LogP contribution < -0.4 is 4.31 Å². The zero-order chi connectivity index (χ0) is 20.1. The molecule has 2 aromatic carbocycles. The van der Waals surface area contributed by atoms with Crippen molar-refractivity contribution in [1.29, 1.82) is 0 Å². The lowest BCUT2D eigenvalue weighted by atomic mass is 10.3. The van der Waals surface area contributed by atoms with Gasteiger partial charge in [-0.1, -0.05) is 34.1 Å². The van der Waals surface area contributed by atoms with Gasteiger partial charge in [0.1, 0.15) is 0 Å². The average molecular weight is 470 g/mol. The predicted octanol–water partition coefficient (Wildman–Crippen LogP) is 2.88. The molecule has 0 N–H and O–H groups in total. The highest BCUT2D eigenvalue weighted by Crippen LogP contribution is 2.29. The van der Waals surface area contributed by atoms with E-state index >= 15 is 0 Å². The van der Waals surface area contributed by atoms with Crippen molar-refractivity contribution >= 4 is 37.3 Å². The van der Waals surface area contributed by atoms with Crippen molar-refractivity contribution in [2.75, 3.05) is 43.7 Å². The molecule has 1 heterocycles. The van der Waals surface area contributed by atoms with Gasteiger partial charge in [0.25, 0.3) is 15.7 Å². The number of para-hydroxylation sites is 1. The standard InChI is InChI=1S/C18H20BrN3O5S/c19-15-12-17(22(23)24)14-18(13-15)28(25,26)21(16-4-2-1-3-5-16)7-6-20-8-10-27-11-9-20/h1-5,12-14H,6-11H2. The quantitative estimate of drug-likeness (QED) is 0.457. The van der Waals surface area contributed by atoms with Crippen LogP contribution in [0.25, 0.3) is 0 Å². The van der Waals surface area contributed by atoms with Crippen LogP contribution in [0, 0.1) is 10.1 Å². The van der Waals surface area contributed by atoms with Crippen molar-refractivity contribution in [2.24, 2.45) is 0 Å². The lowest BCUT2D eigenvalue weighted by Gasteiger charge is -2.30. The third-order valence-corrected chi connectivity index (χ3v) is 6.69. The van der Waals surface area contributed by atoms with Gasteiger partial charge in [0.15, 0.2) is 0 Å². The van der Waals surface area contributed by atoms with E-state index in [0.29, 0.717) is 29.9 Å². The second-order valence-electron chi connectivity index (χ2n) is 6.27. The Bertz CT molecular complexity index is 933. The highest BCUT2D eigenvalue weighted by atomic mass is 79.9. The fourth-order valence-corrected chi connectivity index (χ4v) is 5.12. The molecule has 8 nitrogen and oxygen atoms in total. The largest absolute Gasteiger partial charge is 0.379 e. The number of ether oxygens (including phenoxy) is 1. The lowest BCUT2D eigenvalue weighted by Crippen LogP contribution is -2.43. The van der Waals surface area contributed by atoms with Crippen molar-refractivity contribution in [3.8, 4) is 0 Å². The highest BCUT2D eigenvalue weighted by Gasteiger charge is 2.28. The lowest BCUT2D eigenvalue weighted by molar-refractivity contribution is -0.385. The van der Waals surface area contributed by atoms with Gasteiger partial charge in [-0.25, -0.2) is 8.42 Å². The predicted molar refractivity (Wildman–Crippen MR) is 109 cm³/mol. The van der Waals surface area contributed by atoms with E-state index in [2.05, 4.69) is 20.8 Å². The molecule has 0 unspecified atom stereocenters. The molecule has 0 saturated carbocycles. The molecule has 0 atom stereocenters. The third-order valence-electron chi connectivity index (χ3n) is 4.42. The molecular weight excluding hydrogens is 450 g/mol. The number of sulfonamides is 1. The van der Waals surface area contributed by atoms with Crippen LogP contribution in [0.5, 0.6) is 0 Å². The SMILES string of the molecule is O=[N+]([O-])c1cc(Br)cc(S(=O)(=O)N(CCN2CCOCC2)c2ccccc2)c1. The smallest absolute Gasteiger partial charge is 0.271 e. The Labute approximate surface area is 172 Å².